The van der Waals surface area contributed by atoms with Gasteiger partial charge in [-0.15, -0.1) is 0 Å². The maximum atomic E-state index is 11.4. The number of aryl methyl sites for hydroxylation is 1. The van der Waals surface area contributed by atoms with Gasteiger partial charge in [-0.2, -0.15) is 0 Å². The third kappa shape index (κ3) is 3.17. The molecule has 0 aliphatic carbocycles. The fraction of sp³-hybridized carbons (Fsp3) is 0.636. The zero-order chi connectivity index (χ0) is 13.2. The van der Waals surface area contributed by atoms with E-state index in [-0.39, 0.29) is 11.5 Å². The largest absolute Gasteiger partial charge is 0.377 e. The summed E-state index contributed by atoms with van der Waals surface area (Å²) in [4.78, 5) is 10.6. The first kappa shape index (κ1) is 13.2. The summed E-state index contributed by atoms with van der Waals surface area (Å²) in [5, 5.41) is 0. The molecule has 0 amide bonds. The minimum Gasteiger partial charge on any atom is -0.377 e. The lowest BCUT2D eigenvalue weighted by Gasteiger charge is -2.28. The van der Waals surface area contributed by atoms with Crippen LogP contribution in [0.4, 0.5) is 5.82 Å². The summed E-state index contributed by atoms with van der Waals surface area (Å²) < 4.78 is 27.8. The highest BCUT2D eigenvalue weighted by Crippen LogP contribution is 2.16. The molecule has 0 bridgehead atoms. The van der Waals surface area contributed by atoms with Crippen molar-refractivity contribution in [2.75, 3.05) is 36.6 Å². The lowest BCUT2D eigenvalue weighted by molar-refractivity contribution is 0.177. The van der Waals surface area contributed by atoms with Gasteiger partial charge in [0.25, 0.3) is 0 Å². The van der Waals surface area contributed by atoms with Crippen molar-refractivity contribution in [3.05, 3.63) is 17.6 Å². The Morgan fingerprint density at radius 3 is 2.61 bits per heavy atom. The Hall–Kier alpha value is -1.21. The molecular weight excluding hydrogens is 254 g/mol. The summed E-state index contributed by atoms with van der Waals surface area (Å²) in [5.41, 5.74) is 0.862. The van der Waals surface area contributed by atoms with E-state index in [1.54, 1.807) is 7.11 Å². The Morgan fingerprint density at radius 2 is 2.00 bits per heavy atom. The van der Waals surface area contributed by atoms with Crippen LogP contribution in [0.5, 0.6) is 0 Å². The third-order valence-corrected chi connectivity index (χ3v) is 4.44. The van der Waals surface area contributed by atoms with Crippen molar-refractivity contribution < 1.29 is 13.2 Å². The zero-order valence-corrected chi connectivity index (χ0v) is 11.4. The van der Waals surface area contributed by atoms with Crippen molar-refractivity contribution in [3.8, 4) is 0 Å². The van der Waals surface area contributed by atoms with Gasteiger partial charge in [-0.25, -0.2) is 18.4 Å². The summed E-state index contributed by atoms with van der Waals surface area (Å²) in [6.45, 7) is 3.24. The number of sulfone groups is 1. The zero-order valence-electron chi connectivity index (χ0n) is 10.6. The number of aromatic nitrogens is 2. The molecule has 2 heterocycles. The normalized spacial score (nSPS) is 18.9. The number of hydrogen-bond donors (Lipinski definition) is 0. The second-order valence-electron chi connectivity index (χ2n) is 4.36. The summed E-state index contributed by atoms with van der Waals surface area (Å²) in [6, 6.07) is 1.87. The van der Waals surface area contributed by atoms with E-state index in [1.807, 2.05) is 17.9 Å². The molecule has 0 aromatic carbocycles. The number of ether oxygens (including phenoxy) is 1. The van der Waals surface area contributed by atoms with E-state index in [1.165, 1.54) is 0 Å². The van der Waals surface area contributed by atoms with Crippen LogP contribution in [0.25, 0.3) is 0 Å². The number of rotatable bonds is 3. The maximum absolute atomic E-state index is 11.4. The maximum Gasteiger partial charge on any atom is 0.156 e. The van der Waals surface area contributed by atoms with Crippen LogP contribution < -0.4 is 4.90 Å². The highest BCUT2D eigenvalue weighted by atomic mass is 32.2. The van der Waals surface area contributed by atoms with Crippen LogP contribution in [0.1, 0.15) is 11.5 Å². The number of hydrogen-bond acceptors (Lipinski definition) is 6. The van der Waals surface area contributed by atoms with Gasteiger partial charge in [-0.1, -0.05) is 0 Å². The molecule has 2 rings (SSSR count). The average molecular weight is 271 g/mol. The van der Waals surface area contributed by atoms with Crippen molar-refractivity contribution in [1.82, 2.24) is 9.97 Å². The monoisotopic (exact) mass is 271 g/mol. The minimum absolute atomic E-state index is 0.190. The van der Waals surface area contributed by atoms with Gasteiger partial charge in [0, 0.05) is 32.0 Å². The van der Waals surface area contributed by atoms with Gasteiger partial charge in [0.05, 0.1) is 11.5 Å². The molecule has 0 radical (unpaired) electrons. The van der Waals surface area contributed by atoms with Gasteiger partial charge in [0.15, 0.2) is 15.7 Å². The first-order chi connectivity index (χ1) is 8.50. The average Bonchev–Trinajstić information content (AvgIpc) is 2.28. The molecule has 1 aliphatic heterocycles. The van der Waals surface area contributed by atoms with Crippen molar-refractivity contribution in [2.45, 2.75) is 13.5 Å². The van der Waals surface area contributed by atoms with E-state index in [2.05, 4.69) is 9.97 Å². The van der Waals surface area contributed by atoms with Gasteiger partial charge in [-0.05, 0) is 6.92 Å². The molecule has 100 valence electrons. The van der Waals surface area contributed by atoms with Crippen LogP contribution in [0, 0.1) is 6.92 Å². The molecule has 0 saturated carbocycles. The Bertz CT molecular complexity index is 516. The topological polar surface area (TPSA) is 72.4 Å². The van der Waals surface area contributed by atoms with Crippen LogP contribution in [-0.2, 0) is 21.2 Å². The fourth-order valence-electron chi connectivity index (χ4n) is 1.91. The van der Waals surface area contributed by atoms with E-state index in [0.717, 1.165) is 11.5 Å². The highest BCUT2D eigenvalue weighted by Gasteiger charge is 2.22. The Kier molecular flexibility index (Phi) is 3.82. The van der Waals surface area contributed by atoms with Gasteiger partial charge in [-0.3, -0.25) is 0 Å². The second-order valence-corrected chi connectivity index (χ2v) is 6.66. The van der Waals surface area contributed by atoms with Crippen molar-refractivity contribution in [3.63, 3.8) is 0 Å². The molecular formula is C11H17N3O3S. The lowest BCUT2D eigenvalue weighted by Crippen LogP contribution is -2.40. The molecule has 1 aromatic heterocycles. The van der Waals surface area contributed by atoms with Gasteiger partial charge in [0.2, 0.25) is 0 Å². The number of methoxy groups -OCH3 is 1. The smallest absolute Gasteiger partial charge is 0.156 e. The molecule has 0 spiro atoms. The summed E-state index contributed by atoms with van der Waals surface area (Å²) in [5.74, 6) is 1.79. The Balaban J connectivity index is 2.18. The molecule has 0 N–H and O–H groups in total. The third-order valence-electron chi connectivity index (χ3n) is 2.83. The Morgan fingerprint density at radius 1 is 1.33 bits per heavy atom. The summed E-state index contributed by atoms with van der Waals surface area (Å²) >= 11 is 0. The molecule has 1 fully saturated rings. The van der Waals surface area contributed by atoms with Crippen molar-refractivity contribution >= 4 is 15.7 Å². The lowest BCUT2D eigenvalue weighted by atomic mass is 10.3. The first-order valence-electron chi connectivity index (χ1n) is 5.79. The molecule has 7 heteroatoms. The van der Waals surface area contributed by atoms with Crippen molar-refractivity contribution in [2.24, 2.45) is 0 Å². The molecule has 1 saturated heterocycles. The highest BCUT2D eigenvalue weighted by molar-refractivity contribution is 7.91. The van der Waals surface area contributed by atoms with Crippen LogP contribution in [0.3, 0.4) is 0 Å². The van der Waals surface area contributed by atoms with E-state index in [9.17, 15) is 8.42 Å². The second kappa shape index (κ2) is 5.19. The van der Waals surface area contributed by atoms with Gasteiger partial charge < -0.3 is 9.64 Å². The molecule has 18 heavy (non-hydrogen) atoms. The standard InChI is InChI=1S/C11H17N3O3S/c1-9-7-11(13-10(12-9)8-17-2)14-3-5-18(15,16)6-4-14/h7H,3-6,8H2,1-2H3. The summed E-state index contributed by atoms with van der Waals surface area (Å²) in [7, 11) is -1.27. The molecule has 6 nitrogen and oxygen atoms in total. The van der Waals surface area contributed by atoms with Gasteiger partial charge in [0.1, 0.15) is 12.4 Å². The SMILES string of the molecule is COCc1nc(C)cc(N2CCS(=O)(=O)CC2)n1. The molecule has 0 unspecified atom stereocenters. The van der Waals surface area contributed by atoms with E-state index < -0.39 is 9.84 Å². The molecule has 0 atom stereocenters. The van der Waals surface area contributed by atoms with Gasteiger partial charge >= 0.3 is 0 Å². The van der Waals surface area contributed by atoms with Crippen LogP contribution in [0.2, 0.25) is 0 Å². The minimum atomic E-state index is -2.86. The van der Waals surface area contributed by atoms with Crippen LogP contribution in [-0.4, -0.2) is 50.1 Å². The van der Waals surface area contributed by atoms with E-state index >= 15 is 0 Å². The predicted octanol–water partition coefficient (Wildman–Crippen LogP) is 0.166. The summed E-state index contributed by atoms with van der Waals surface area (Å²) in [6.07, 6.45) is 0. The molecule has 1 aliphatic rings. The Labute approximate surface area is 107 Å². The van der Waals surface area contributed by atoms with E-state index in [4.69, 9.17) is 4.74 Å². The molecule has 1 aromatic rings. The first-order valence-corrected chi connectivity index (χ1v) is 7.61. The number of anilines is 1. The predicted molar refractivity (Wildman–Crippen MR) is 68.3 cm³/mol. The quantitative estimate of drug-likeness (QED) is 0.780. The van der Waals surface area contributed by atoms with Crippen LogP contribution in [0.15, 0.2) is 6.07 Å². The number of nitrogens with zero attached hydrogens (tertiary/aromatic N) is 3. The van der Waals surface area contributed by atoms with Crippen molar-refractivity contribution in [1.29, 1.82) is 0 Å². The fourth-order valence-corrected chi connectivity index (χ4v) is 3.11. The van der Waals surface area contributed by atoms with E-state index in [0.29, 0.717) is 25.5 Å². The van der Waals surface area contributed by atoms with Crippen LogP contribution >= 0.6 is 0 Å².